The lowest BCUT2D eigenvalue weighted by Gasteiger charge is -2.04. The number of aliphatic hydroxyl groups excluding tert-OH is 1. The van der Waals surface area contributed by atoms with Crippen LogP contribution >= 0.6 is 0 Å². The number of hydrogen-bond acceptors (Lipinski definition) is 3. The number of nitrogens with zero attached hydrogens (tertiary/aromatic N) is 1. The summed E-state index contributed by atoms with van der Waals surface area (Å²) >= 11 is 0. The molecule has 0 aliphatic heterocycles. The molecule has 0 fully saturated rings. The van der Waals surface area contributed by atoms with Gasteiger partial charge in [0.05, 0.1) is 12.1 Å². The maximum atomic E-state index is 8.45. The van der Waals surface area contributed by atoms with Gasteiger partial charge >= 0.3 is 0 Å². The van der Waals surface area contributed by atoms with Gasteiger partial charge in [0.25, 0.3) is 0 Å². The van der Waals surface area contributed by atoms with Crippen LogP contribution in [0.15, 0.2) is 0 Å². The van der Waals surface area contributed by atoms with Gasteiger partial charge in [-0.2, -0.15) is 5.26 Å². The van der Waals surface area contributed by atoms with Gasteiger partial charge in [0.1, 0.15) is 0 Å². The van der Waals surface area contributed by atoms with E-state index in [1.165, 1.54) is 0 Å². The maximum absolute atomic E-state index is 8.45. The number of rotatable bonds is 5. The summed E-state index contributed by atoms with van der Waals surface area (Å²) in [5, 5.41) is 19.7. The number of nitriles is 1. The lowest BCUT2D eigenvalue weighted by molar-refractivity contribution is 0.281. The lowest BCUT2D eigenvalue weighted by atomic mass is 10.1. The molecule has 0 amide bonds. The lowest BCUT2D eigenvalue weighted by Crippen LogP contribution is -2.22. The quantitative estimate of drug-likeness (QED) is 0.541. The summed E-state index contributed by atoms with van der Waals surface area (Å²) in [6, 6.07) is 2.07. The molecule has 0 spiro atoms. The average molecular weight is 142 g/mol. The Morgan fingerprint density at radius 3 is 2.70 bits per heavy atom. The number of unbranched alkanes of at least 4 members (excludes halogenated alkanes) is 1. The highest BCUT2D eigenvalue weighted by Gasteiger charge is 2.01. The molecule has 0 bridgehead atoms. The summed E-state index contributed by atoms with van der Waals surface area (Å²) in [4.78, 5) is 0. The maximum Gasteiger partial charge on any atom is 0.0950 e. The Bertz CT molecular complexity index is 109. The monoisotopic (exact) mass is 142 g/mol. The number of nitrogens with one attached hydrogen (secondary N) is 1. The molecule has 0 rings (SSSR count). The van der Waals surface area contributed by atoms with Gasteiger partial charge in [-0.15, -0.1) is 0 Å². The first-order valence-electron chi connectivity index (χ1n) is 3.53. The van der Waals surface area contributed by atoms with Crippen molar-refractivity contribution >= 4 is 0 Å². The van der Waals surface area contributed by atoms with Crippen LogP contribution in [-0.2, 0) is 0 Å². The van der Waals surface area contributed by atoms with Gasteiger partial charge in [0, 0.05) is 6.61 Å². The van der Waals surface area contributed by atoms with E-state index in [-0.39, 0.29) is 12.6 Å². The van der Waals surface area contributed by atoms with Crippen molar-refractivity contribution in [3.05, 3.63) is 0 Å². The molecule has 0 saturated carbocycles. The van der Waals surface area contributed by atoms with Gasteiger partial charge in [-0.3, -0.25) is 0 Å². The summed E-state index contributed by atoms with van der Waals surface area (Å²) in [7, 11) is 1.77. The van der Waals surface area contributed by atoms with Crippen LogP contribution in [0, 0.1) is 11.3 Å². The molecule has 2 N–H and O–H groups in total. The Hall–Kier alpha value is -0.590. The van der Waals surface area contributed by atoms with Crippen molar-refractivity contribution in [1.29, 1.82) is 5.26 Å². The molecule has 0 aliphatic carbocycles. The third kappa shape index (κ3) is 4.30. The van der Waals surface area contributed by atoms with Gasteiger partial charge in [-0.1, -0.05) is 0 Å². The van der Waals surface area contributed by atoms with Crippen LogP contribution in [-0.4, -0.2) is 24.8 Å². The fourth-order valence-corrected chi connectivity index (χ4v) is 0.734. The summed E-state index contributed by atoms with van der Waals surface area (Å²) < 4.78 is 0. The Kier molecular flexibility index (Phi) is 6.14. The van der Waals surface area contributed by atoms with E-state index in [0.717, 1.165) is 19.3 Å². The Balaban J connectivity index is 3.20. The van der Waals surface area contributed by atoms with Crippen molar-refractivity contribution in [2.24, 2.45) is 0 Å². The van der Waals surface area contributed by atoms with E-state index in [9.17, 15) is 0 Å². The molecule has 10 heavy (non-hydrogen) atoms. The number of aliphatic hydroxyl groups is 1. The summed E-state index contributed by atoms with van der Waals surface area (Å²) in [5.74, 6) is 0. The molecule has 0 aliphatic rings. The van der Waals surface area contributed by atoms with E-state index in [2.05, 4.69) is 11.4 Å². The standard InChI is InChI=1S/C7H14N2O/c1-9-7(6-8)4-2-3-5-10/h7,9-10H,2-5H2,1H3/t7-/m1/s1. The molecule has 3 heteroatoms. The zero-order chi connectivity index (χ0) is 7.82. The van der Waals surface area contributed by atoms with E-state index in [0.29, 0.717) is 0 Å². The molecular formula is C7H14N2O. The SMILES string of the molecule is CN[C@@H](C#N)CCCCO. The van der Waals surface area contributed by atoms with Crippen molar-refractivity contribution in [3.8, 4) is 6.07 Å². The van der Waals surface area contributed by atoms with E-state index in [1.807, 2.05) is 0 Å². The minimum absolute atomic E-state index is 0.0495. The molecule has 0 aromatic rings. The predicted molar refractivity (Wildman–Crippen MR) is 39.4 cm³/mol. The minimum Gasteiger partial charge on any atom is -0.396 e. The summed E-state index contributed by atoms with van der Waals surface area (Å²) in [5.41, 5.74) is 0. The van der Waals surface area contributed by atoms with E-state index in [1.54, 1.807) is 7.05 Å². The highest BCUT2D eigenvalue weighted by Crippen LogP contribution is 1.98. The van der Waals surface area contributed by atoms with E-state index < -0.39 is 0 Å². The Morgan fingerprint density at radius 2 is 2.30 bits per heavy atom. The van der Waals surface area contributed by atoms with Gasteiger partial charge in [0.15, 0.2) is 0 Å². The minimum atomic E-state index is -0.0495. The van der Waals surface area contributed by atoms with E-state index >= 15 is 0 Å². The first-order valence-corrected chi connectivity index (χ1v) is 3.53. The number of hydrogen-bond donors (Lipinski definition) is 2. The van der Waals surface area contributed by atoms with Gasteiger partial charge in [-0.25, -0.2) is 0 Å². The Labute approximate surface area is 61.7 Å². The zero-order valence-electron chi connectivity index (χ0n) is 6.30. The van der Waals surface area contributed by atoms with Crippen LogP contribution in [0.1, 0.15) is 19.3 Å². The third-order valence-corrected chi connectivity index (χ3v) is 1.41. The zero-order valence-corrected chi connectivity index (χ0v) is 6.30. The van der Waals surface area contributed by atoms with Crippen molar-refractivity contribution in [1.82, 2.24) is 5.32 Å². The fraction of sp³-hybridized carbons (Fsp3) is 0.857. The predicted octanol–water partition coefficient (Wildman–Crippen LogP) is 0.261. The van der Waals surface area contributed by atoms with Crippen molar-refractivity contribution < 1.29 is 5.11 Å². The molecule has 3 nitrogen and oxygen atoms in total. The normalized spacial score (nSPS) is 12.5. The second-order valence-electron chi connectivity index (χ2n) is 2.19. The van der Waals surface area contributed by atoms with Crippen LogP contribution < -0.4 is 5.32 Å². The van der Waals surface area contributed by atoms with Crippen LogP contribution in [0.2, 0.25) is 0 Å². The molecule has 1 atom stereocenters. The van der Waals surface area contributed by atoms with Gasteiger partial charge in [-0.05, 0) is 26.3 Å². The largest absolute Gasteiger partial charge is 0.396 e. The van der Waals surface area contributed by atoms with E-state index in [4.69, 9.17) is 10.4 Å². The van der Waals surface area contributed by atoms with Crippen LogP contribution in [0.5, 0.6) is 0 Å². The van der Waals surface area contributed by atoms with Crippen LogP contribution in [0.25, 0.3) is 0 Å². The molecule has 58 valence electrons. The highest BCUT2D eigenvalue weighted by atomic mass is 16.2. The summed E-state index contributed by atoms with van der Waals surface area (Å²) in [6.45, 7) is 0.224. The molecule has 0 saturated heterocycles. The first kappa shape index (κ1) is 9.41. The Morgan fingerprint density at radius 1 is 1.60 bits per heavy atom. The first-order chi connectivity index (χ1) is 4.85. The third-order valence-electron chi connectivity index (χ3n) is 1.41. The molecule has 0 aromatic carbocycles. The van der Waals surface area contributed by atoms with Crippen molar-refractivity contribution in [2.45, 2.75) is 25.3 Å². The summed E-state index contributed by atoms with van der Waals surface area (Å²) in [6.07, 6.45) is 2.53. The second-order valence-corrected chi connectivity index (χ2v) is 2.19. The smallest absolute Gasteiger partial charge is 0.0950 e. The molecule has 0 unspecified atom stereocenters. The molecule has 0 radical (unpaired) electrons. The van der Waals surface area contributed by atoms with Crippen molar-refractivity contribution in [2.75, 3.05) is 13.7 Å². The second kappa shape index (κ2) is 6.53. The average Bonchev–Trinajstić information content (AvgIpc) is 1.99. The van der Waals surface area contributed by atoms with Crippen molar-refractivity contribution in [3.63, 3.8) is 0 Å². The molecule has 0 aromatic heterocycles. The topological polar surface area (TPSA) is 56.0 Å². The van der Waals surface area contributed by atoms with Crippen LogP contribution in [0.3, 0.4) is 0 Å². The fourth-order valence-electron chi connectivity index (χ4n) is 0.734. The highest BCUT2D eigenvalue weighted by molar-refractivity contribution is 4.87. The van der Waals surface area contributed by atoms with Crippen LogP contribution in [0.4, 0.5) is 0 Å². The molecular weight excluding hydrogens is 128 g/mol. The molecule has 0 heterocycles. The van der Waals surface area contributed by atoms with Gasteiger partial charge in [0.2, 0.25) is 0 Å². The van der Waals surface area contributed by atoms with Gasteiger partial charge < -0.3 is 10.4 Å².